The van der Waals surface area contributed by atoms with E-state index < -0.39 is 0 Å². The quantitative estimate of drug-likeness (QED) is 0.895. The van der Waals surface area contributed by atoms with E-state index >= 15 is 0 Å². The highest BCUT2D eigenvalue weighted by molar-refractivity contribution is 5.96. The molecular weight excluding hydrogens is 328 g/mol. The zero-order valence-corrected chi connectivity index (χ0v) is 15.2. The Morgan fingerprint density at radius 2 is 2.04 bits per heavy atom. The van der Waals surface area contributed by atoms with Gasteiger partial charge in [-0.15, -0.1) is 0 Å². The van der Waals surface area contributed by atoms with Crippen LogP contribution in [0.3, 0.4) is 0 Å². The molecule has 1 aromatic heterocycles. The summed E-state index contributed by atoms with van der Waals surface area (Å²) in [5.74, 6) is 0.520. The lowest BCUT2D eigenvalue weighted by molar-refractivity contribution is -0.119. The van der Waals surface area contributed by atoms with E-state index in [9.17, 15) is 9.59 Å². The second-order valence-corrected chi connectivity index (χ2v) is 7.58. The summed E-state index contributed by atoms with van der Waals surface area (Å²) in [5, 5.41) is 0. The van der Waals surface area contributed by atoms with Crippen LogP contribution in [-0.2, 0) is 30.6 Å². The SMILES string of the molecule is CC1CCc2c(nc(N)n(CC(=O)N3c4ccccc4CC3C)c2=O)C1. The molecule has 2 N–H and O–H groups in total. The normalized spacial score (nSPS) is 21.4. The Hall–Kier alpha value is -2.63. The minimum absolute atomic E-state index is 0.0703. The average molecular weight is 352 g/mol. The minimum atomic E-state index is -0.159. The van der Waals surface area contributed by atoms with Crippen LogP contribution in [0.4, 0.5) is 11.6 Å². The second kappa shape index (κ2) is 6.27. The molecule has 6 nitrogen and oxygen atoms in total. The summed E-state index contributed by atoms with van der Waals surface area (Å²) in [6.45, 7) is 4.11. The van der Waals surface area contributed by atoms with Crippen LogP contribution < -0.4 is 16.2 Å². The molecular formula is C20H24N4O2. The Morgan fingerprint density at radius 3 is 2.85 bits per heavy atom. The predicted molar refractivity (Wildman–Crippen MR) is 101 cm³/mol. The number of hydrogen-bond donors (Lipinski definition) is 1. The van der Waals surface area contributed by atoms with Gasteiger partial charge in [0.1, 0.15) is 6.54 Å². The van der Waals surface area contributed by atoms with Gasteiger partial charge in [0.25, 0.3) is 5.56 Å². The molecule has 0 spiro atoms. The van der Waals surface area contributed by atoms with Crippen LogP contribution in [0.1, 0.15) is 37.1 Å². The fraction of sp³-hybridized carbons (Fsp3) is 0.450. The molecule has 6 heteroatoms. The monoisotopic (exact) mass is 352 g/mol. The van der Waals surface area contributed by atoms with Gasteiger partial charge >= 0.3 is 0 Å². The number of para-hydroxylation sites is 1. The fourth-order valence-corrected chi connectivity index (χ4v) is 4.21. The molecule has 2 aliphatic rings. The van der Waals surface area contributed by atoms with Crippen molar-refractivity contribution in [2.45, 2.75) is 52.1 Å². The van der Waals surface area contributed by atoms with Gasteiger partial charge in [0.2, 0.25) is 11.9 Å². The smallest absolute Gasteiger partial charge is 0.258 e. The molecule has 1 aliphatic carbocycles. The molecule has 26 heavy (non-hydrogen) atoms. The van der Waals surface area contributed by atoms with Crippen LogP contribution >= 0.6 is 0 Å². The van der Waals surface area contributed by atoms with Gasteiger partial charge < -0.3 is 10.6 Å². The van der Waals surface area contributed by atoms with Gasteiger partial charge in [0.05, 0.1) is 5.69 Å². The molecule has 0 radical (unpaired) electrons. The highest BCUT2D eigenvalue weighted by Crippen LogP contribution is 2.32. The number of nitrogen functional groups attached to an aromatic ring is 1. The van der Waals surface area contributed by atoms with Gasteiger partial charge in [-0.1, -0.05) is 25.1 Å². The summed E-state index contributed by atoms with van der Waals surface area (Å²) in [7, 11) is 0. The van der Waals surface area contributed by atoms with Gasteiger partial charge in [-0.2, -0.15) is 0 Å². The third kappa shape index (κ3) is 2.69. The fourth-order valence-electron chi connectivity index (χ4n) is 4.21. The lowest BCUT2D eigenvalue weighted by Gasteiger charge is -2.25. The summed E-state index contributed by atoms with van der Waals surface area (Å²) in [6, 6.07) is 7.98. The number of carbonyl (C=O) groups excluding carboxylic acids is 1. The van der Waals surface area contributed by atoms with E-state index in [0.717, 1.165) is 41.8 Å². The van der Waals surface area contributed by atoms with Crippen molar-refractivity contribution in [2.75, 3.05) is 10.6 Å². The summed E-state index contributed by atoms with van der Waals surface area (Å²) in [5.41, 5.74) is 9.50. The second-order valence-electron chi connectivity index (χ2n) is 7.58. The largest absolute Gasteiger partial charge is 0.369 e. The standard InChI is InChI=1S/C20H24N4O2/c1-12-7-8-15-16(9-12)22-20(21)23(19(15)26)11-18(25)24-13(2)10-14-5-3-4-6-17(14)24/h3-6,12-13H,7-11H2,1-2H3,(H2,21,22). The van der Waals surface area contributed by atoms with E-state index in [1.807, 2.05) is 31.2 Å². The Balaban J connectivity index is 1.66. The van der Waals surface area contributed by atoms with Crippen molar-refractivity contribution < 1.29 is 4.79 Å². The van der Waals surface area contributed by atoms with Crippen molar-refractivity contribution in [2.24, 2.45) is 5.92 Å². The van der Waals surface area contributed by atoms with Gasteiger partial charge in [0.15, 0.2) is 0 Å². The number of nitrogens with two attached hydrogens (primary N) is 1. The third-order valence-corrected chi connectivity index (χ3v) is 5.58. The lowest BCUT2D eigenvalue weighted by atomic mass is 9.89. The first-order valence-corrected chi connectivity index (χ1v) is 9.23. The number of hydrogen-bond acceptors (Lipinski definition) is 4. The van der Waals surface area contributed by atoms with E-state index in [1.54, 1.807) is 4.90 Å². The first-order valence-electron chi connectivity index (χ1n) is 9.23. The molecule has 2 heterocycles. The molecule has 0 saturated heterocycles. The lowest BCUT2D eigenvalue weighted by Crippen LogP contribution is -2.41. The molecule has 1 aromatic carbocycles. The topological polar surface area (TPSA) is 81.2 Å². The summed E-state index contributed by atoms with van der Waals surface area (Å²) >= 11 is 0. The Kier molecular flexibility index (Phi) is 4.05. The number of benzene rings is 1. The van der Waals surface area contributed by atoms with Crippen LogP contribution in [-0.4, -0.2) is 21.5 Å². The molecule has 1 amide bonds. The Morgan fingerprint density at radius 1 is 1.27 bits per heavy atom. The molecule has 0 saturated carbocycles. The van der Waals surface area contributed by atoms with Crippen molar-refractivity contribution >= 4 is 17.5 Å². The number of rotatable bonds is 2. The van der Waals surface area contributed by atoms with Crippen molar-refractivity contribution in [1.82, 2.24) is 9.55 Å². The number of aromatic nitrogens is 2. The van der Waals surface area contributed by atoms with Crippen LogP contribution in [0.15, 0.2) is 29.1 Å². The molecule has 2 aromatic rings. The number of fused-ring (bicyclic) bond motifs is 2. The van der Waals surface area contributed by atoms with Crippen molar-refractivity contribution in [3.8, 4) is 0 Å². The third-order valence-electron chi connectivity index (χ3n) is 5.58. The van der Waals surface area contributed by atoms with Crippen LogP contribution in [0.2, 0.25) is 0 Å². The first-order chi connectivity index (χ1) is 12.5. The maximum atomic E-state index is 13.0. The van der Waals surface area contributed by atoms with Gasteiger partial charge in [-0.3, -0.25) is 14.2 Å². The van der Waals surface area contributed by atoms with Crippen molar-refractivity contribution in [3.63, 3.8) is 0 Å². The van der Waals surface area contributed by atoms with Crippen molar-refractivity contribution in [1.29, 1.82) is 0 Å². The molecule has 0 fully saturated rings. The van der Waals surface area contributed by atoms with Gasteiger partial charge in [-0.25, -0.2) is 4.98 Å². The Labute approximate surface area is 152 Å². The predicted octanol–water partition coefficient (Wildman–Crippen LogP) is 1.93. The molecule has 0 bridgehead atoms. The van der Waals surface area contributed by atoms with E-state index in [1.165, 1.54) is 4.57 Å². The number of carbonyl (C=O) groups is 1. The van der Waals surface area contributed by atoms with Gasteiger partial charge in [-0.05, 0) is 50.2 Å². The van der Waals surface area contributed by atoms with E-state index in [4.69, 9.17) is 5.73 Å². The first kappa shape index (κ1) is 16.8. The zero-order chi connectivity index (χ0) is 18.4. The van der Waals surface area contributed by atoms with E-state index in [0.29, 0.717) is 12.3 Å². The number of nitrogens with zero attached hydrogens (tertiary/aromatic N) is 3. The maximum absolute atomic E-state index is 13.0. The highest BCUT2D eigenvalue weighted by atomic mass is 16.2. The van der Waals surface area contributed by atoms with Crippen LogP contribution in [0, 0.1) is 5.92 Å². The zero-order valence-electron chi connectivity index (χ0n) is 15.2. The van der Waals surface area contributed by atoms with Crippen molar-refractivity contribution in [3.05, 3.63) is 51.4 Å². The van der Waals surface area contributed by atoms with Gasteiger partial charge in [0, 0.05) is 17.3 Å². The summed E-state index contributed by atoms with van der Waals surface area (Å²) in [6.07, 6.45) is 3.28. The molecule has 136 valence electrons. The average Bonchev–Trinajstić information content (AvgIpc) is 2.94. The molecule has 4 rings (SSSR count). The highest BCUT2D eigenvalue weighted by Gasteiger charge is 2.31. The number of anilines is 2. The maximum Gasteiger partial charge on any atom is 0.258 e. The minimum Gasteiger partial charge on any atom is -0.369 e. The molecule has 1 aliphatic heterocycles. The molecule has 2 unspecified atom stereocenters. The van der Waals surface area contributed by atoms with Crippen LogP contribution in [0.5, 0.6) is 0 Å². The van der Waals surface area contributed by atoms with Crippen LogP contribution in [0.25, 0.3) is 0 Å². The molecule has 2 atom stereocenters. The van der Waals surface area contributed by atoms with E-state index in [-0.39, 0.29) is 30.0 Å². The Bertz CT molecular complexity index is 934. The number of amides is 1. The van der Waals surface area contributed by atoms with E-state index in [2.05, 4.69) is 11.9 Å². The summed E-state index contributed by atoms with van der Waals surface area (Å²) in [4.78, 5) is 32.1. The summed E-state index contributed by atoms with van der Waals surface area (Å²) < 4.78 is 1.34.